The van der Waals surface area contributed by atoms with Crippen LogP contribution in [0.5, 0.6) is 11.5 Å². The quantitative estimate of drug-likeness (QED) is 0.375. The molecule has 0 spiro atoms. The Balaban J connectivity index is 1.70. The van der Waals surface area contributed by atoms with Gasteiger partial charge in [-0.15, -0.1) is 0 Å². The first-order valence-corrected chi connectivity index (χ1v) is 10.3. The Labute approximate surface area is 184 Å². The molecule has 0 radical (unpaired) electrons. The van der Waals surface area contributed by atoms with E-state index in [1.165, 1.54) is 11.0 Å². The number of nitrogens with zero attached hydrogens (tertiary/aromatic N) is 2. The first-order chi connectivity index (χ1) is 15.6. The van der Waals surface area contributed by atoms with Crippen molar-refractivity contribution in [3.63, 3.8) is 0 Å². The summed E-state index contributed by atoms with van der Waals surface area (Å²) in [6.07, 6.45) is 3.21. The number of aromatic nitrogens is 1. The molecule has 32 heavy (non-hydrogen) atoms. The van der Waals surface area contributed by atoms with E-state index in [9.17, 15) is 19.8 Å². The molecule has 1 unspecified atom stereocenters. The molecule has 3 heterocycles. The van der Waals surface area contributed by atoms with Gasteiger partial charge < -0.3 is 14.9 Å². The Morgan fingerprint density at radius 3 is 2.66 bits per heavy atom. The fraction of sp³-hybridized carbons (Fsp3) is 0.160. The minimum Gasteiger partial charge on any atom is -0.507 e. The standard InChI is InChI=1S/C25H20N2O5/c28-19-9-2-1-8-18(19)27-22(17-7-3-4-12-26-17)21(24(30)25(27)31)23(29)16-10-11-20-15(14-16)6-5-13-32-20/h1-4,7-12,14,22,28-29H,5-6,13H2/b23-21-. The Morgan fingerprint density at radius 2 is 1.88 bits per heavy atom. The largest absolute Gasteiger partial charge is 0.507 e. The van der Waals surface area contributed by atoms with Crippen molar-refractivity contribution in [1.82, 2.24) is 4.98 Å². The molecule has 1 amide bonds. The Kier molecular flexibility index (Phi) is 4.86. The van der Waals surface area contributed by atoms with E-state index < -0.39 is 17.7 Å². The number of anilines is 1. The predicted octanol–water partition coefficient (Wildman–Crippen LogP) is 3.74. The van der Waals surface area contributed by atoms with Crippen molar-refractivity contribution in [2.24, 2.45) is 0 Å². The summed E-state index contributed by atoms with van der Waals surface area (Å²) in [7, 11) is 0. The molecule has 0 bridgehead atoms. The van der Waals surface area contributed by atoms with Gasteiger partial charge in [-0.1, -0.05) is 18.2 Å². The van der Waals surface area contributed by atoms with E-state index in [4.69, 9.17) is 4.74 Å². The Hall–Kier alpha value is -4.13. The van der Waals surface area contributed by atoms with Crippen molar-refractivity contribution in [2.45, 2.75) is 18.9 Å². The molecule has 3 aromatic rings. The van der Waals surface area contributed by atoms with Gasteiger partial charge in [0.25, 0.3) is 11.7 Å². The number of amides is 1. The van der Waals surface area contributed by atoms with E-state index >= 15 is 0 Å². The van der Waals surface area contributed by atoms with Gasteiger partial charge in [-0.2, -0.15) is 0 Å². The van der Waals surface area contributed by atoms with Crippen LogP contribution in [0.1, 0.15) is 29.3 Å². The number of hydrogen-bond acceptors (Lipinski definition) is 6. The molecule has 2 aromatic carbocycles. The molecule has 1 saturated heterocycles. The number of aromatic hydroxyl groups is 1. The van der Waals surface area contributed by atoms with Crippen LogP contribution in [0.3, 0.4) is 0 Å². The third-order valence-corrected chi connectivity index (χ3v) is 5.74. The first kappa shape index (κ1) is 19.8. The summed E-state index contributed by atoms with van der Waals surface area (Å²) in [6.45, 7) is 0.643. The van der Waals surface area contributed by atoms with E-state index in [-0.39, 0.29) is 22.8 Å². The van der Waals surface area contributed by atoms with Crippen LogP contribution in [0.2, 0.25) is 0 Å². The van der Waals surface area contributed by atoms with Crippen LogP contribution in [0, 0.1) is 0 Å². The summed E-state index contributed by atoms with van der Waals surface area (Å²) in [6, 6.07) is 15.6. The van der Waals surface area contributed by atoms with Gasteiger partial charge in [0.05, 0.1) is 23.6 Å². The number of carbonyl (C=O) groups excluding carboxylic acids is 2. The zero-order valence-electron chi connectivity index (χ0n) is 17.1. The number of pyridine rings is 1. The third kappa shape index (κ3) is 3.19. The number of aliphatic hydroxyl groups excluding tert-OH is 1. The minimum absolute atomic E-state index is 0.0753. The molecule has 7 heteroatoms. The Bertz CT molecular complexity index is 1250. The molecule has 0 saturated carbocycles. The van der Waals surface area contributed by atoms with Gasteiger partial charge in [-0.3, -0.25) is 19.5 Å². The van der Waals surface area contributed by atoms with Crippen molar-refractivity contribution in [1.29, 1.82) is 0 Å². The number of Topliss-reactive ketones (excluding diaryl/α,β-unsaturated/α-hetero) is 1. The number of phenols is 1. The number of ketones is 1. The molecular weight excluding hydrogens is 408 g/mol. The number of aryl methyl sites for hydroxylation is 1. The molecule has 2 aliphatic rings. The van der Waals surface area contributed by atoms with Gasteiger partial charge in [-0.05, 0) is 60.9 Å². The van der Waals surface area contributed by atoms with Gasteiger partial charge in [-0.25, -0.2) is 0 Å². The van der Waals surface area contributed by atoms with Crippen molar-refractivity contribution in [3.05, 3.63) is 89.3 Å². The number of rotatable bonds is 3. The molecule has 1 fully saturated rings. The number of fused-ring (bicyclic) bond motifs is 1. The second-order valence-electron chi connectivity index (χ2n) is 7.69. The van der Waals surface area contributed by atoms with Gasteiger partial charge in [0.1, 0.15) is 23.3 Å². The van der Waals surface area contributed by atoms with Crippen molar-refractivity contribution < 1.29 is 24.5 Å². The van der Waals surface area contributed by atoms with E-state index in [0.717, 1.165) is 24.2 Å². The summed E-state index contributed by atoms with van der Waals surface area (Å²) in [5.41, 5.74) is 1.85. The number of ether oxygens (including phenoxy) is 1. The first-order valence-electron chi connectivity index (χ1n) is 10.3. The molecule has 0 aliphatic carbocycles. The number of aliphatic hydroxyl groups is 1. The number of benzene rings is 2. The molecule has 5 rings (SSSR count). The summed E-state index contributed by atoms with van der Waals surface area (Å²) in [5, 5.41) is 21.6. The average Bonchev–Trinajstić information content (AvgIpc) is 3.09. The van der Waals surface area contributed by atoms with Crippen LogP contribution in [0.25, 0.3) is 5.76 Å². The normalized spacial score (nSPS) is 19.5. The lowest BCUT2D eigenvalue weighted by Crippen LogP contribution is -2.29. The van der Waals surface area contributed by atoms with E-state index in [1.807, 2.05) is 0 Å². The Morgan fingerprint density at radius 1 is 1.06 bits per heavy atom. The predicted molar refractivity (Wildman–Crippen MR) is 117 cm³/mol. The second kappa shape index (κ2) is 7.85. The van der Waals surface area contributed by atoms with Crippen LogP contribution in [0.15, 0.2) is 72.4 Å². The van der Waals surface area contributed by atoms with Gasteiger partial charge in [0.2, 0.25) is 0 Å². The van der Waals surface area contributed by atoms with E-state index in [0.29, 0.717) is 17.9 Å². The second-order valence-corrected chi connectivity index (χ2v) is 7.69. The summed E-state index contributed by atoms with van der Waals surface area (Å²) in [5.74, 6) is -1.37. The molecule has 1 atom stereocenters. The van der Waals surface area contributed by atoms with Gasteiger partial charge in [0, 0.05) is 11.8 Å². The number of para-hydroxylation sites is 2. The van der Waals surface area contributed by atoms with Crippen molar-refractivity contribution in [2.75, 3.05) is 11.5 Å². The van der Waals surface area contributed by atoms with Crippen molar-refractivity contribution in [3.8, 4) is 11.5 Å². The SMILES string of the molecule is O=C1C(=O)N(c2ccccc2O)C(c2ccccn2)/C1=C(/O)c1ccc2c(c1)CCCO2. The molecule has 1 aromatic heterocycles. The number of phenolic OH excluding ortho intramolecular Hbond substituents is 1. The van der Waals surface area contributed by atoms with E-state index in [1.54, 1.807) is 60.8 Å². The van der Waals surface area contributed by atoms with Crippen molar-refractivity contribution >= 4 is 23.1 Å². The van der Waals surface area contributed by atoms with Crippen LogP contribution >= 0.6 is 0 Å². The number of hydrogen-bond donors (Lipinski definition) is 2. The maximum atomic E-state index is 13.1. The third-order valence-electron chi connectivity index (χ3n) is 5.74. The highest BCUT2D eigenvalue weighted by Gasteiger charge is 2.48. The lowest BCUT2D eigenvalue weighted by molar-refractivity contribution is -0.132. The topological polar surface area (TPSA) is 100.0 Å². The molecule has 160 valence electrons. The van der Waals surface area contributed by atoms with Crippen LogP contribution in [0.4, 0.5) is 5.69 Å². The van der Waals surface area contributed by atoms with E-state index in [2.05, 4.69) is 4.98 Å². The summed E-state index contributed by atoms with van der Waals surface area (Å²) >= 11 is 0. The zero-order valence-corrected chi connectivity index (χ0v) is 17.1. The fourth-order valence-electron chi connectivity index (χ4n) is 4.23. The number of carbonyl (C=O) groups is 2. The maximum absolute atomic E-state index is 13.1. The lowest BCUT2D eigenvalue weighted by atomic mass is 9.96. The van der Waals surface area contributed by atoms with Gasteiger partial charge >= 0.3 is 0 Å². The minimum atomic E-state index is -0.989. The monoisotopic (exact) mass is 428 g/mol. The van der Waals surface area contributed by atoms with Gasteiger partial charge in [0.15, 0.2) is 0 Å². The lowest BCUT2D eigenvalue weighted by Gasteiger charge is -2.25. The molecule has 2 aliphatic heterocycles. The van der Waals surface area contributed by atoms with Crippen LogP contribution < -0.4 is 9.64 Å². The molecule has 2 N–H and O–H groups in total. The smallest absolute Gasteiger partial charge is 0.300 e. The highest BCUT2D eigenvalue weighted by Crippen LogP contribution is 2.44. The fourth-order valence-corrected chi connectivity index (χ4v) is 4.23. The summed E-state index contributed by atoms with van der Waals surface area (Å²) in [4.78, 5) is 31.8. The maximum Gasteiger partial charge on any atom is 0.300 e. The van der Waals surface area contributed by atoms with Crippen LogP contribution in [-0.4, -0.2) is 33.5 Å². The highest BCUT2D eigenvalue weighted by molar-refractivity contribution is 6.51. The van der Waals surface area contributed by atoms with Crippen LogP contribution in [-0.2, 0) is 16.0 Å². The zero-order chi connectivity index (χ0) is 22.2. The average molecular weight is 428 g/mol. The highest BCUT2D eigenvalue weighted by atomic mass is 16.5. The molecular formula is C25H20N2O5. The molecule has 7 nitrogen and oxygen atoms in total. The summed E-state index contributed by atoms with van der Waals surface area (Å²) < 4.78 is 5.64.